The van der Waals surface area contributed by atoms with E-state index in [2.05, 4.69) is 10.0 Å². The van der Waals surface area contributed by atoms with Crippen molar-refractivity contribution in [3.8, 4) is 0 Å². The van der Waals surface area contributed by atoms with Gasteiger partial charge in [0.2, 0.25) is 11.8 Å². The summed E-state index contributed by atoms with van der Waals surface area (Å²) in [6.07, 6.45) is 0.812. The van der Waals surface area contributed by atoms with Crippen LogP contribution in [-0.4, -0.2) is 20.2 Å². The number of benzene rings is 2. The van der Waals surface area contributed by atoms with E-state index in [1.54, 1.807) is 12.1 Å². The first-order chi connectivity index (χ1) is 11.3. The van der Waals surface area contributed by atoms with Crippen LogP contribution in [0.4, 0.5) is 11.4 Å². The molecule has 0 aliphatic carbocycles. The fourth-order valence-electron chi connectivity index (χ4n) is 2.48. The Morgan fingerprint density at radius 1 is 1.12 bits per heavy atom. The summed E-state index contributed by atoms with van der Waals surface area (Å²) in [4.78, 5) is 22.6. The number of fused-ring (bicyclic) bond motifs is 1. The minimum Gasteiger partial charge on any atom is -0.366 e. The van der Waals surface area contributed by atoms with Gasteiger partial charge in [-0.3, -0.25) is 14.3 Å². The number of amides is 2. The normalized spacial score (nSPS) is 13.8. The van der Waals surface area contributed by atoms with Crippen molar-refractivity contribution in [2.75, 3.05) is 10.0 Å². The lowest BCUT2D eigenvalue weighted by Gasteiger charge is -2.18. The van der Waals surface area contributed by atoms with Gasteiger partial charge in [0.05, 0.1) is 4.90 Å². The van der Waals surface area contributed by atoms with Crippen molar-refractivity contribution in [3.63, 3.8) is 0 Å². The van der Waals surface area contributed by atoms with Crippen molar-refractivity contribution < 1.29 is 18.0 Å². The summed E-state index contributed by atoms with van der Waals surface area (Å²) in [5.41, 5.74) is 7.05. The van der Waals surface area contributed by atoms with Crippen molar-refractivity contribution in [2.45, 2.75) is 17.7 Å². The second-order valence-corrected chi connectivity index (χ2v) is 7.10. The van der Waals surface area contributed by atoms with Crippen molar-refractivity contribution in [3.05, 3.63) is 53.6 Å². The van der Waals surface area contributed by atoms with E-state index in [9.17, 15) is 18.0 Å². The molecule has 0 radical (unpaired) electrons. The lowest BCUT2D eigenvalue weighted by molar-refractivity contribution is -0.116. The van der Waals surface area contributed by atoms with Gasteiger partial charge < -0.3 is 11.1 Å². The molecule has 8 heteroatoms. The number of hydrogen-bond acceptors (Lipinski definition) is 4. The third kappa shape index (κ3) is 3.23. The van der Waals surface area contributed by atoms with E-state index >= 15 is 0 Å². The van der Waals surface area contributed by atoms with Gasteiger partial charge in [-0.1, -0.05) is 6.07 Å². The first-order valence-corrected chi connectivity index (χ1v) is 8.69. The third-order valence-electron chi connectivity index (χ3n) is 3.68. The maximum absolute atomic E-state index is 12.5. The SMILES string of the molecule is NC(=O)c1cccc(NS(=O)(=O)c2ccc3c(c2)CCC(=O)N3)c1. The van der Waals surface area contributed by atoms with Crippen molar-refractivity contribution in [2.24, 2.45) is 5.73 Å². The molecule has 124 valence electrons. The lowest BCUT2D eigenvalue weighted by Crippen LogP contribution is -2.20. The van der Waals surface area contributed by atoms with Gasteiger partial charge in [0.25, 0.3) is 10.0 Å². The second-order valence-electron chi connectivity index (χ2n) is 5.42. The van der Waals surface area contributed by atoms with Crippen LogP contribution in [-0.2, 0) is 21.2 Å². The Morgan fingerprint density at radius 3 is 2.67 bits per heavy atom. The minimum absolute atomic E-state index is 0.0838. The molecule has 0 saturated heterocycles. The maximum atomic E-state index is 12.5. The van der Waals surface area contributed by atoms with Gasteiger partial charge in [0.15, 0.2) is 0 Å². The number of primary amides is 1. The van der Waals surface area contributed by atoms with Crippen molar-refractivity contribution in [1.82, 2.24) is 0 Å². The number of carbonyl (C=O) groups excluding carboxylic acids is 2. The molecule has 0 bridgehead atoms. The number of sulfonamides is 1. The molecule has 2 aromatic rings. The molecule has 7 nitrogen and oxygen atoms in total. The molecule has 0 aromatic heterocycles. The van der Waals surface area contributed by atoms with E-state index in [0.717, 1.165) is 5.56 Å². The molecule has 2 amide bonds. The highest BCUT2D eigenvalue weighted by Gasteiger charge is 2.20. The summed E-state index contributed by atoms with van der Waals surface area (Å²) in [6, 6.07) is 10.5. The fraction of sp³-hybridized carbons (Fsp3) is 0.125. The number of nitrogens with one attached hydrogen (secondary N) is 2. The van der Waals surface area contributed by atoms with Crippen LogP contribution in [0.15, 0.2) is 47.4 Å². The molecule has 1 aliphatic rings. The molecule has 0 spiro atoms. The maximum Gasteiger partial charge on any atom is 0.261 e. The Balaban J connectivity index is 1.90. The van der Waals surface area contributed by atoms with E-state index in [4.69, 9.17) is 5.73 Å². The van der Waals surface area contributed by atoms with Crippen LogP contribution in [0.1, 0.15) is 22.3 Å². The smallest absolute Gasteiger partial charge is 0.261 e. The zero-order valence-electron chi connectivity index (χ0n) is 12.6. The molecule has 24 heavy (non-hydrogen) atoms. The number of rotatable bonds is 4. The lowest BCUT2D eigenvalue weighted by atomic mass is 10.0. The van der Waals surface area contributed by atoms with Crippen LogP contribution in [0, 0.1) is 0 Å². The van der Waals surface area contributed by atoms with Gasteiger partial charge in [-0.15, -0.1) is 0 Å². The third-order valence-corrected chi connectivity index (χ3v) is 5.06. The molecule has 4 N–H and O–H groups in total. The Morgan fingerprint density at radius 2 is 1.92 bits per heavy atom. The van der Waals surface area contributed by atoms with Crippen LogP contribution in [0.2, 0.25) is 0 Å². The highest BCUT2D eigenvalue weighted by molar-refractivity contribution is 7.92. The van der Waals surface area contributed by atoms with E-state index < -0.39 is 15.9 Å². The predicted octanol–water partition coefficient (Wildman–Crippen LogP) is 1.47. The predicted molar refractivity (Wildman–Crippen MR) is 89.2 cm³/mol. The molecule has 0 saturated carbocycles. The van der Waals surface area contributed by atoms with Gasteiger partial charge >= 0.3 is 0 Å². The van der Waals surface area contributed by atoms with Gasteiger partial charge in [0.1, 0.15) is 0 Å². The summed E-state index contributed by atoms with van der Waals surface area (Å²) < 4.78 is 27.5. The van der Waals surface area contributed by atoms with E-state index in [-0.39, 0.29) is 22.1 Å². The first kappa shape index (κ1) is 16.0. The van der Waals surface area contributed by atoms with Crippen LogP contribution in [0.25, 0.3) is 0 Å². The topological polar surface area (TPSA) is 118 Å². The van der Waals surface area contributed by atoms with Crippen LogP contribution < -0.4 is 15.8 Å². The monoisotopic (exact) mass is 345 g/mol. The Hall–Kier alpha value is -2.87. The van der Waals surface area contributed by atoms with Gasteiger partial charge in [0, 0.05) is 23.4 Å². The summed E-state index contributed by atoms with van der Waals surface area (Å²) >= 11 is 0. The molecule has 0 fully saturated rings. The quantitative estimate of drug-likeness (QED) is 0.777. The molecule has 1 aliphatic heterocycles. The van der Waals surface area contributed by atoms with Gasteiger partial charge in [-0.2, -0.15) is 0 Å². The Kier molecular flexibility index (Phi) is 3.98. The molecule has 0 unspecified atom stereocenters. The zero-order valence-corrected chi connectivity index (χ0v) is 13.4. The van der Waals surface area contributed by atoms with Crippen molar-refractivity contribution in [1.29, 1.82) is 0 Å². The van der Waals surface area contributed by atoms with Crippen LogP contribution in [0.5, 0.6) is 0 Å². The zero-order chi connectivity index (χ0) is 17.3. The molecule has 3 rings (SSSR count). The van der Waals surface area contributed by atoms with Gasteiger partial charge in [-0.05, 0) is 48.4 Å². The minimum atomic E-state index is -3.82. The molecular formula is C16H15N3O4S. The number of aryl methyl sites for hydroxylation is 1. The highest BCUT2D eigenvalue weighted by Crippen LogP contribution is 2.26. The Bertz CT molecular complexity index is 938. The fourth-order valence-corrected chi connectivity index (χ4v) is 3.58. The van der Waals surface area contributed by atoms with Crippen molar-refractivity contribution >= 4 is 33.2 Å². The summed E-state index contributed by atoms with van der Waals surface area (Å²) in [6.45, 7) is 0. The second kappa shape index (κ2) is 5.97. The highest BCUT2D eigenvalue weighted by atomic mass is 32.2. The Labute approximate surface area is 138 Å². The van der Waals surface area contributed by atoms with Crippen LogP contribution in [0.3, 0.4) is 0 Å². The average molecular weight is 345 g/mol. The van der Waals surface area contributed by atoms with E-state index in [1.807, 2.05) is 0 Å². The number of carbonyl (C=O) groups is 2. The summed E-state index contributed by atoms with van der Waals surface area (Å²) in [5.74, 6) is -0.722. The van der Waals surface area contributed by atoms with E-state index in [1.165, 1.54) is 30.3 Å². The number of hydrogen-bond donors (Lipinski definition) is 3. The molecular weight excluding hydrogens is 330 g/mol. The molecule has 2 aromatic carbocycles. The standard InChI is InChI=1S/C16H15N3O4S/c17-16(21)11-2-1-3-12(8-11)19-24(22,23)13-5-6-14-10(9-13)4-7-15(20)18-14/h1-3,5-6,8-9,19H,4,7H2,(H2,17,21)(H,18,20). The number of anilines is 2. The van der Waals surface area contributed by atoms with E-state index in [0.29, 0.717) is 18.5 Å². The first-order valence-electron chi connectivity index (χ1n) is 7.21. The number of nitrogens with two attached hydrogens (primary N) is 1. The van der Waals surface area contributed by atoms with Gasteiger partial charge in [-0.25, -0.2) is 8.42 Å². The molecule has 1 heterocycles. The average Bonchev–Trinajstić information content (AvgIpc) is 2.54. The summed E-state index contributed by atoms with van der Waals surface area (Å²) in [5, 5.41) is 2.70. The summed E-state index contributed by atoms with van der Waals surface area (Å²) in [7, 11) is -3.82. The molecule has 0 atom stereocenters. The van der Waals surface area contributed by atoms with Crippen LogP contribution >= 0.6 is 0 Å². The largest absolute Gasteiger partial charge is 0.366 e.